The SMILES string of the molecule is Cc1csc(C(N)CC2CCOCC2)c1Cl. The van der Waals surface area contributed by atoms with Gasteiger partial charge in [-0.15, -0.1) is 11.3 Å². The van der Waals surface area contributed by atoms with Gasteiger partial charge in [0.05, 0.1) is 5.02 Å². The minimum absolute atomic E-state index is 0.0919. The van der Waals surface area contributed by atoms with Crippen LogP contribution in [0, 0.1) is 12.8 Å². The molecule has 2 rings (SSSR count). The van der Waals surface area contributed by atoms with Crippen LogP contribution in [0.1, 0.15) is 35.7 Å². The first-order valence-electron chi connectivity index (χ1n) is 5.75. The van der Waals surface area contributed by atoms with E-state index in [1.54, 1.807) is 11.3 Å². The van der Waals surface area contributed by atoms with Crippen molar-refractivity contribution in [3.05, 3.63) is 20.8 Å². The topological polar surface area (TPSA) is 35.2 Å². The van der Waals surface area contributed by atoms with E-state index in [1.165, 1.54) is 0 Å². The Hall–Kier alpha value is -0.0900. The number of aryl methyl sites for hydroxylation is 1. The van der Waals surface area contributed by atoms with Crippen molar-refractivity contribution in [1.82, 2.24) is 0 Å². The molecule has 4 heteroatoms. The number of halogens is 1. The molecule has 0 spiro atoms. The minimum atomic E-state index is 0.0919. The summed E-state index contributed by atoms with van der Waals surface area (Å²) in [5.74, 6) is 0.697. The van der Waals surface area contributed by atoms with Gasteiger partial charge in [0, 0.05) is 24.1 Å². The molecule has 0 saturated carbocycles. The Morgan fingerprint density at radius 3 is 2.81 bits per heavy atom. The van der Waals surface area contributed by atoms with Gasteiger partial charge in [0.25, 0.3) is 0 Å². The number of hydrogen-bond acceptors (Lipinski definition) is 3. The molecule has 1 atom stereocenters. The van der Waals surface area contributed by atoms with Gasteiger partial charge in [-0.2, -0.15) is 0 Å². The lowest BCUT2D eigenvalue weighted by atomic mass is 9.92. The fraction of sp³-hybridized carbons (Fsp3) is 0.667. The van der Waals surface area contributed by atoms with Crippen molar-refractivity contribution in [2.75, 3.05) is 13.2 Å². The predicted octanol–water partition coefficient (Wildman–Crippen LogP) is 3.53. The Balaban J connectivity index is 1.96. The van der Waals surface area contributed by atoms with Gasteiger partial charge in [0.15, 0.2) is 0 Å². The third-order valence-electron chi connectivity index (χ3n) is 3.19. The zero-order valence-electron chi connectivity index (χ0n) is 9.54. The molecule has 1 aliphatic rings. The zero-order chi connectivity index (χ0) is 11.5. The summed E-state index contributed by atoms with van der Waals surface area (Å²) in [6, 6.07) is 0.0919. The number of ether oxygens (including phenoxy) is 1. The summed E-state index contributed by atoms with van der Waals surface area (Å²) in [5.41, 5.74) is 7.37. The first-order chi connectivity index (χ1) is 7.68. The van der Waals surface area contributed by atoms with Crippen molar-refractivity contribution in [2.24, 2.45) is 11.7 Å². The molecule has 2 N–H and O–H groups in total. The van der Waals surface area contributed by atoms with Crippen LogP contribution in [0.5, 0.6) is 0 Å². The van der Waals surface area contributed by atoms with Crippen molar-refractivity contribution in [2.45, 2.75) is 32.2 Å². The highest BCUT2D eigenvalue weighted by Crippen LogP contribution is 2.35. The van der Waals surface area contributed by atoms with Crippen LogP contribution in [0.4, 0.5) is 0 Å². The van der Waals surface area contributed by atoms with Gasteiger partial charge in [-0.25, -0.2) is 0 Å². The summed E-state index contributed by atoms with van der Waals surface area (Å²) < 4.78 is 5.35. The molecule has 1 saturated heterocycles. The van der Waals surface area contributed by atoms with E-state index >= 15 is 0 Å². The third-order valence-corrected chi connectivity index (χ3v) is 5.04. The summed E-state index contributed by atoms with van der Waals surface area (Å²) in [6.45, 7) is 3.80. The number of nitrogens with two attached hydrogens (primary N) is 1. The van der Waals surface area contributed by atoms with Gasteiger partial charge in [-0.3, -0.25) is 0 Å². The fourth-order valence-electron chi connectivity index (χ4n) is 2.15. The van der Waals surface area contributed by atoms with Crippen molar-refractivity contribution in [1.29, 1.82) is 0 Å². The van der Waals surface area contributed by atoms with Crippen LogP contribution >= 0.6 is 22.9 Å². The molecule has 1 aromatic heterocycles. The molecular formula is C12H18ClNOS. The molecule has 2 heterocycles. The zero-order valence-corrected chi connectivity index (χ0v) is 11.1. The Kier molecular flexibility index (Phi) is 4.25. The monoisotopic (exact) mass is 259 g/mol. The third kappa shape index (κ3) is 2.77. The van der Waals surface area contributed by atoms with Gasteiger partial charge < -0.3 is 10.5 Å². The minimum Gasteiger partial charge on any atom is -0.381 e. The standard InChI is InChI=1S/C12H18ClNOS/c1-8-7-16-12(11(8)13)10(14)6-9-2-4-15-5-3-9/h7,9-10H,2-6,14H2,1H3. The number of hydrogen-bond donors (Lipinski definition) is 1. The summed E-state index contributed by atoms with van der Waals surface area (Å²) >= 11 is 7.91. The van der Waals surface area contributed by atoms with Gasteiger partial charge in [-0.05, 0) is 43.0 Å². The Labute approximate surface area is 106 Å². The van der Waals surface area contributed by atoms with Crippen LogP contribution in [0.3, 0.4) is 0 Å². The second kappa shape index (κ2) is 5.50. The molecule has 16 heavy (non-hydrogen) atoms. The second-order valence-electron chi connectivity index (χ2n) is 4.49. The molecule has 2 nitrogen and oxygen atoms in total. The van der Waals surface area contributed by atoms with Crippen LogP contribution in [-0.4, -0.2) is 13.2 Å². The maximum atomic E-state index is 6.23. The lowest BCUT2D eigenvalue weighted by Gasteiger charge is -2.24. The highest BCUT2D eigenvalue weighted by molar-refractivity contribution is 7.10. The molecule has 0 radical (unpaired) electrons. The first kappa shape index (κ1) is 12.4. The molecule has 90 valence electrons. The fourth-order valence-corrected chi connectivity index (χ4v) is 3.50. The summed E-state index contributed by atoms with van der Waals surface area (Å²) in [6.07, 6.45) is 3.30. The second-order valence-corrected chi connectivity index (χ2v) is 5.78. The molecule has 0 aromatic carbocycles. The summed E-state index contributed by atoms with van der Waals surface area (Å²) in [7, 11) is 0. The van der Waals surface area contributed by atoms with E-state index in [1.807, 2.05) is 6.92 Å². The van der Waals surface area contributed by atoms with E-state index in [4.69, 9.17) is 22.1 Å². The normalized spacial score (nSPS) is 19.9. The van der Waals surface area contributed by atoms with E-state index in [-0.39, 0.29) is 6.04 Å². The van der Waals surface area contributed by atoms with Crippen LogP contribution in [0.2, 0.25) is 5.02 Å². The lowest BCUT2D eigenvalue weighted by molar-refractivity contribution is 0.0619. The average molecular weight is 260 g/mol. The molecule has 1 unspecified atom stereocenters. The molecular weight excluding hydrogens is 242 g/mol. The molecule has 0 amide bonds. The van der Waals surface area contributed by atoms with E-state index < -0.39 is 0 Å². The smallest absolute Gasteiger partial charge is 0.0590 e. The van der Waals surface area contributed by atoms with Gasteiger partial charge in [0.2, 0.25) is 0 Å². The van der Waals surface area contributed by atoms with Gasteiger partial charge in [0.1, 0.15) is 0 Å². The maximum Gasteiger partial charge on any atom is 0.0590 e. The van der Waals surface area contributed by atoms with E-state index in [2.05, 4.69) is 5.38 Å². The predicted molar refractivity (Wildman–Crippen MR) is 69.2 cm³/mol. The van der Waals surface area contributed by atoms with Crippen molar-refractivity contribution in [3.63, 3.8) is 0 Å². The first-order valence-corrected chi connectivity index (χ1v) is 7.01. The van der Waals surface area contributed by atoms with Crippen LogP contribution in [-0.2, 0) is 4.74 Å². The Morgan fingerprint density at radius 2 is 2.25 bits per heavy atom. The average Bonchev–Trinajstić information content (AvgIpc) is 2.61. The van der Waals surface area contributed by atoms with E-state index in [0.717, 1.165) is 47.9 Å². The Morgan fingerprint density at radius 1 is 1.56 bits per heavy atom. The summed E-state index contributed by atoms with van der Waals surface area (Å²) in [5, 5.41) is 2.95. The molecule has 1 fully saturated rings. The lowest BCUT2D eigenvalue weighted by Crippen LogP contribution is -2.21. The maximum absolute atomic E-state index is 6.23. The number of rotatable bonds is 3. The van der Waals surface area contributed by atoms with E-state index in [9.17, 15) is 0 Å². The highest BCUT2D eigenvalue weighted by atomic mass is 35.5. The highest BCUT2D eigenvalue weighted by Gasteiger charge is 2.21. The van der Waals surface area contributed by atoms with Gasteiger partial charge in [-0.1, -0.05) is 11.6 Å². The largest absolute Gasteiger partial charge is 0.381 e. The molecule has 0 aliphatic carbocycles. The molecule has 1 aromatic rings. The summed E-state index contributed by atoms with van der Waals surface area (Å²) in [4.78, 5) is 1.14. The molecule has 1 aliphatic heterocycles. The van der Waals surface area contributed by atoms with Gasteiger partial charge >= 0.3 is 0 Å². The van der Waals surface area contributed by atoms with Crippen LogP contribution in [0.15, 0.2) is 5.38 Å². The van der Waals surface area contributed by atoms with Crippen molar-refractivity contribution >= 4 is 22.9 Å². The van der Waals surface area contributed by atoms with Crippen molar-refractivity contribution < 1.29 is 4.74 Å². The number of thiophene rings is 1. The van der Waals surface area contributed by atoms with Crippen molar-refractivity contribution in [3.8, 4) is 0 Å². The van der Waals surface area contributed by atoms with E-state index in [0.29, 0.717) is 5.92 Å². The van der Waals surface area contributed by atoms with Crippen LogP contribution in [0.25, 0.3) is 0 Å². The quantitative estimate of drug-likeness (QED) is 0.901. The Bertz CT molecular complexity index is 347. The molecule has 0 bridgehead atoms. The van der Waals surface area contributed by atoms with Crippen LogP contribution < -0.4 is 5.73 Å².